The summed E-state index contributed by atoms with van der Waals surface area (Å²) in [6, 6.07) is 12.3. The van der Waals surface area contributed by atoms with Crippen molar-refractivity contribution in [3.63, 3.8) is 0 Å². The van der Waals surface area contributed by atoms with Gasteiger partial charge >= 0.3 is 0 Å². The molecule has 0 aliphatic carbocycles. The van der Waals surface area contributed by atoms with Crippen molar-refractivity contribution in [3.8, 4) is 0 Å². The largest absolute Gasteiger partial charge is 0.396 e. The molecule has 100 valence electrons. The Kier molecular flexibility index (Phi) is 4.61. The van der Waals surface area contributed by atoms with Crippen LogP contribution in [0, 0.1) is 0 Å². The van der Waals surface area contributed by atoms with Crippen molar-refractivity contribution in [2.24, 2.45) is 0 Å². The van der Waals surface area contributed by atoms with E-state index in [9.17, 15) is 0 Å². The molecule has 1 aromatic heterocycles. The average Bonchev–Trinajstić information content (AvgIpc) is 2.46. The van der Waals surface area contributed by atoms with Crippen LogP contribution in [0.3, 0.4) is 0 Å². The first kappa shape index (κ1) is 13.2. The maximum absolute atomic E-state index is 5.82. The smallest absolute Gasteiger partial charge is 0.0736 e. The second kappa shape index (κ2) is 6.64. The Balaban J connectivity index is 1.74. The third-order valence-corrected chi connectivity index (χ3v) is 3.03. The van der Waals surface area contributed by atoms with E-state index in [1.54, 1.807) is 12.4 Å². The number of pyridine rings is 1. The van der Waals surface area contributed by atoms with Crippen LogP contribution in [-0.4, -0.2) is 25.1 Å². The highest BCUT2D eigenvalue weighted by molar-refractivity contribution is 5.64. The monoisotopic (exact) mass is 256 g/mol. The molecule has 2 aromatic rings. The second-order valence-corrected chi connectivity index (χ2v) is 4.50. The Morgan fingerprint density at radius 1 is 1.21 bits per heavy atom. The van der Waals surface area contributed by atoms with E-state index < -0.39 is 0 Å². The van der Waals surface area contributed by atoms with Crippen molar-refractivity contribution in [2.45, 2.75) is 6.42 Å². The number of hydrogen-bond acceptors (Lipinski definition) is 4. The van der Waals surface area contributed by atoms with Crippen LogP contribution in [0.1, 0.15) is 6.42 Å². The summed E-state index contributed by atoms with van der Waals surface area (Å²) in [5.74, 6) is 0. The highest BCUT2D eigenvalue weighted by atomic mass is 15.1. The van der Waals surface area contributed by atoms with Gasteiger partial charge in [-0.15, -0.1) is 0 Å². The molecule has 0 bridgehead atoms. The van der Waals surface area contributed by atoms with Crippen molar-refractivity contribution < 1.29 is 0 Å². The quantitative estimate of drug-likeness (QED) is 0.780. The van der Waals surface area contributed by atoms with Gasteiger partial charge in [-0.05, 0) is 24.6 Å². The number of anilines is 3. The van der Waals surface area contributed by atoms with E-state index in [0.717, 1.165) is 25.2 Å². The Labute approximate surface area is 114 Å². The van der Waals surface area contributed by atoms with Gasteiger partial charge in [-0.3, -0.25) is 4.98 Å². The van der Waals surface area contributed by atoms with Gasteiger partial charge in [0.05, 0.1) is 17.6 Å². The molecule has 0 amide bonds. The van der Waals surface area contributed by atoms with Crippen molar-refractivity contribution in [2.75, 3.05) is 36.1 Å². The van der Waals surface area contributed by atoms with Gasteiger partial charge < -0.3 is 16.0 Å². The van der Waals surface area contributed by atoms with Gasteiger partial charge in [-0.1, -0.05) is 18.2 Å². The Morgan fingerprint density at radius 3 is 2.74 bits per heavy atom. The summed E-state index contributed by atoms with van der Waals surface area (Å²) in [6.07, 6.45) is 4.46. The van der Waals surface area contributed by atoms with Crippen molar-refractivity contribution in [3.05, 3.63) is 48.8 Å². The fourth-order valence-corrected chi connectivity index (χ4v) is 1.92. The Morgan fingerprint density at radius 2 is 2.00 bits per heavy atom. The predicted molar refractivity (Wildman–Crippen MR) is 81.5 cm³/mol. The normalized spacial score (nSPS) is 10.2. The van der Waals surface area contributed by atoms with Crippen LogP contribution < -0.4 is 16.0 Å². The van der Waals surface area contributed by atoms with Gasteiger partial charge in [0.2, 0.25) is 0 Å². The van der Waals surface area contributed by atoms with Crippen LogP contribution in [0.2, 0.25) is 0 Å². The van der Waals surface area contributed by atoms with Gasteiger partial charge in [0.1, 0.15) is 0 Å². The molecule has 2 rings (SSSR count). The number of nitrogens with one attached hydrogen (secondary N) is 1. The molecule has 1 aromatic carbocycles. The van der Waals surface area contributed by atoms with Crippen LogP contribution in [0.25, 0.3) is 0 Å². The lowest BCUT2D eigenvalue weighted by Crippen LogP contribution is -2.20. The van der Waals surface area contributed by atoms with E-state index in [0.29, 0.717) is 5.69 Å². The minimum absolute atomic E-state index is 0.693. The molecule has 1 heterocycles. The molecule has 4 heteroatoms. The van der Waals surface area contributed by atoms with E-state index in [2.05, 4.69) is 46.5 Å². The van der Waals surface area contributed by atoms with E-state index in [1.807, 2.05) is 12.1 Å². The molecule has 4 nitrogen and oxygen atoms in total. The maximum Gasteiger partial charge on any atom is 0.0736 e. The maximum atomic E-state index is 5.82. The summed E-state index contributed by atoms with van der Waals surface area (Å²) >= 11 is 0. The summed E-state index contributed by atoms with van der Waals surface area (Å²) in [5.41, 5.74) is 8.71. The summed E-state index contributed by atoms with van der Waals surface area (Å²) in [4.78, 5) is 6.22. The minimum atomic E-state index is 0.693. The van der Waals surface area contributed by atoms with E-state index in [1.165, 1.54) is 5.69 Å². The second-order valence-electron chi connectivity index (χ2n) is 4.50. The molecule has 0 spiro atoms. The van der Waals surface area contributed by atoms with Gasteiger partial charge in [0, 0.05) is 32.0 Å². The van der Waals surface area contributed by atoms with Crippen molar-refractivity contribution in [1.82, 2.24) is 4.98 Å². The first-order valence-corrected chi connectivity index (χ1v) is 6.47. The number of benzene rings is 1. The van der Waals surface area contributed by atoms with Crippen LogP contribution >= 0.6 is 0 Å². The molecule has 0 unspecified atom stereocenters. The SMILES string of the molecule is CN(CCCNc1ccncc1N)c1ccccc1. The lowest BCUT2D eigenvalue weighted by molar-refractivity contribution is 0.816. The molecule has 0 aliphatic heterocycles. The number of para-hydroxylation sites is 1. The number of nitrogens with two attached hydrogens (primary N) is 1. The number of nitrogens with zero attached hydrogens (tertiary/aromatic N) is 2. The van der Waals surface area contributed by atoms with Crippen LogP contribution in [0.5, 0.6) is 0 Å². The zero-order chi connectivity index (χ0) is 13.5. The molecular weight excluding hydrogens is 236 g/mol. The first-order valence-electron chi connectivity index (χ1n) is 6.47. The van der Waals surface area contributed by atoms with Gasteiger partial charge in [-0.25, -0.2) is 0 Å². The van der Waals surface area contributed by atoms with E-state index in [-0.39, 0.29) is 0 Å². The molecule has 19 heavy (non-hydrogen) atoms. The molecule has 0 saturated carbocycles. The number of hydrogen-bond donors (Lipinski definition) is 2. The van der Waals surface area contributed by atoms with E-state index >= 15 is 0 Å². The fraction of sp³-hybridized carbons (Fsp3) is 0.267. The van der Waals surface area contributed by atoms with Gasteiger partial charge in [0.15, 0.2) is 0 Å². The van der Waals surface area contributed by atoms with Gasteiger partial charge in [-0.2, -0.15) is 0 Å². The first-order chi connectivity index (χ1) is 9.27. The molecule has 0 radical (unpaired) electrons. The lowest BCUT2D eigenvalue weighted by atomic mass is 10.3. The molecule has 0 aliphatic rings. The molecule has 3 N–H and O–H groups in total. The van der Waals surface area contributed by atoms with Crippen LogP contribution in [0.4, 0.5) is 17.1 Å². The molecule has 0 saturated heterocycles. The number of aromatic nitrogens is 1. The zero-order valence-corrected chi connectivity index (χ0v) is 11.2. The number of rotatable bonds is 6. The molecule has 0 atom stereocenters. The van der Waals surface area contributed by atoms with Gasteiger partial charge in [0.25, 0.3) is 0 Å². The average molecular weight is 256 g/mol. The summed E-state index contributed by atoms with van der Waals surface area (Å²) < 4.78 is 0. The number of nitrogen functional groups attached to an aromatic ring is 1. The molecule has 0 fully saturated rings. The highest BCUT2D eigenvalue weighted by Gasteiger charge is 2.00. The molecular formula is C15H20N4. The predicted octanol–water partition coefficient (Wildman–Crippen LogP) is 2.60. The van der Waals surface area contributed by atoms with E-state index in [4.69, 9.17) is 5.73 Å². The highest BCUT2D eigenvalue weighted by Crippen LogP contribution is 2.15. The van der Waals surface area contributed by atoms with Crippen molar-refractivity contribution in [1.29, 1.82) is 0 Å². The topological polar surface area (TPSA) is 54.2 Å². The summed E-state index contributed by atoms with van der Waals surface area (Å²) in [5, 5.41) is 3.33. The van der Waals surface area contributed by atoms with Crippen molar-refractivity contribution >= 4 is 17.1 Å². The van der Waals surface area contributed by atoms with Crippen LogP contribution in [0.15, 0.2) is 48.8 Å². The minimum Gasteiger partial charge on any atom is -0.396 e. The van der Waals surface area contributed by atoms with Crippen LogP contribution in [-0.2, 0) is 0 Å². The fourth-order valence-electron chi connectivity index (χ4n) is 1.92. The summed E-state index contributed by atoms with van der Waals surface area (Å²) in [7, 11) is 2.11. The summed E-state index contributed by atoms with van der Waals surface area (Å²) in [6.45, 7) is 1.90. The Bertz CT molecular complexity index is 499. The standard InChI is InChI=1S/C15H20N4/c1-19(13-6-3-2-4-7-13)11-5-9-18-15-8-10-17-12-14(15)16/h2-4,6-8,10,12H,5,9,11,16H2,1H3,(H,17,18). The lowest BCUT2D eigenvalue weighted by Gasteiger charge is -2.19. The third kappa shape index (κ3) is 3.88. The Hall–Kier alpha value is -2.23. The third-order valence-electron chi connectivity index (χ3n) is 3.03. The zero-order valence-electron chi connectivity index (χ0n) is 11.2.